The van der Waals surface area contributed by atoms with Crippen LogP contribution in [-0.2, 0) is 43.9 Å². The van der Waals surface area contributed by atoms with Crippen molar-refractivity contribution in [3.63, 3.8) is 0 Å². The highest BCUT2D eigenvalue weighted by Gasteiger charge is 2.31. The lowest BCUT2D eigenvalue weighted by molar-refractivity contribution is -0.142. The number of sulfonamides is 1. The number of carbonyl (C=O) groups excluding carboxylic acids is 2. The highest BCUT2D eigenvalue weighted by molar-refractivity contribution is 7.89. The van der Waals surface area contributed by atoms with Crippen LogP contribution in [0, 0.1) is 0 Å². The van der Waals surface area contributed by atoms with Crippen LogP contribution in [-0.4, -0.2) is 82.3 Å². The Balaban J connectivity index is 1.21. The molecule has 0 bridgehead atoms. The van der Waals surface area contributed by atoms with E-state index in [4.69, 9.17) is 23.7 Å². The average molecular weight is 702 g/mol. The number of hydrogen-bond donors (Lipinski definition) is 1. The Morgan fingerprint density at radius 1 is 0.840 bits per heavy atom. The minimum absolute atomic E-state index is 0.123. The van der Waals surface area contributed by atoms with Crippen LogP contribution in [0.5, 0.6) is 23.0 Å². The van der Waals surface area contributed by atoms with E-state index in [-0.39, 0.29) is 56.8 Å². The Morgan fingerprint density at radius 3 is 2.24 bits per heavy atom. The maximum Gasteiger partial charge on any atom is 0.261 e. The minimum Gasteiger partial charge on any atom is -0.497 e. The lowest BCUT2D eigenvalue weighted by Crippen LogP contribution is -2.51. The molecule has 4 aromatic rings. The monoisotopic (exact) mass is 701 g/mol. The molecule has 2 aliphatic rings. The maximum atomic E-state index is 14.1. The second kappa shape index (κ2) is 16.1. The Hall–Kier alpha value is -5.11. The average Bonchev–Trinajstić information content (AvgIpc) is 3.63. The predicted octanol–water partition coefficient (Wildman–Crippen LogP) is 3.78. The first-order chi connectivity index (χ1) is 24.3. The summed E-state index contributed by atoms with van der Waals surface area (Å²) in [7, 11) is -2.11. The van der Waals surface area contributed by atoms with E-state index >= 15 is 0 Å². The van der Waals surface area contributed by atoms with Gasteiger partial charge in [0.2, 0.25) is 22.7 Å². The van der Waals surface area contributed by atoms with Crippen molar-refractivity contribution in [2.24, 2.45) is 0 Å². The van der Waals surface area contributed by atoms with Gasteiger partial charge in [0.05, 0.1) is 25.2 Å². The quantitative estimate of drug-likeness (QED) is 0.209. The number of amides is 2. The third kappa shape index (κ3) is 8.54. The van der Waals surface area contributed by atoms with Crippen molar-refractivity contribution in [3.05, 3.63) is 114 Å². The molecule has 12 nitrogen and oxygen atoms in total. The van der Waals surface area contributed by atoms with Gasteiger partial charge in [0, 0.05) is 32.6 Å². The second-order valence-corrected chi connectivity index (χ2v) is 13.7. The molecule has 2 heterocycles. The number of benzene rings is 4. The molecule has 1 saturated heterocycles. The summed E-state index contributed by atoms with van der Waals surface area (Å²) >= 11 is 0. The van der Waals surface area contributed by atoms with Crippen LogP contribution in [0.1, 0.15) is 16.7 Å². The number of nitrogens with zero attached hydrogens (tertiary/aromatic N) is 2. The summed E-state index contributed by atoms with van der Waals surface area (Å²) in [4.78, 5) is 29.7. The molecule has 0 radical (unpaired) electrons. The molecule has 262 valence electrons. The number of rotatable bonds is 14. The molecule has 50 heavy (non-hydrogen) atoms. The third-order valence-electron chi connectivity index (χ3n) is 8.48. The van der Waals surface area contributed by atoms with Gasteiger partial charge in [0.25, 0.3) is 5.91 Å². The van der Waals surface area contributed by atoms with Crippen molar-refractivity contribution in [1.82, 2.24) is 14.5 Å². The highest BCUT2D eigenvalue weighted by Crippen LogP contribution is 2.32. The summed E-state index contributed by atoms with van der Waals surface area (Å²) in [5, 5.41) is 3.01. The number of hydrogen-bond acceptors (Lipinski definition) is 9. The Morgan fingerprint density at radius 2 is 1.52 bits per heavy atom. The molecule has 13 heteroatoms. The number of ether oxygens (including phenoxy) is 5. The molecule has 1 N–H and O–H groups in total. The van der Waals surface area contributed by atoms with E-state index in [1.54, 1.807) is 25.3 Å². The lowest BCUT2D eigenvalue weighted by Gasteiger charge is -2.31. The van der Waals surface area contributed by atoms with Crippen LogP contribution < -0.4 is 24.3 Å². The highest BCUT2D eigenvalue weighted by atomic mass is 32.2. The molecule has 1 atom stereocenters. The van der Waals surface area contributed by atoms with E-state index in [1.165, 1.54) is 33.5 Å². The van der Waals surface area contributed by atoms with Crippen LogP contribution in [0.25, 0.3) is 0 Å². The molecule has 2 amide bonds. The molecule has 6 rings (SSSR count). The standard InChI is InChI=1S/C37H39N3O9S/c1-45-30-10-7-28(8-11-30)24-40(36(41)25-47-31-12-14-32(15-13-31)50(43,44)39-17-19-46-20-18-39)33(21-27-5-3-2-4-6-27)37(42)38-23-29-9-16-34-35(22-29)49-26-48-34/h2-16,22,33H,17-21,23-26H2,1H3,(H,38,42). The van der Waals surface area contributed by atoms with Crippen LogP contribution in [0.15, 0.2) is 102 Å². The van der Waals surface area contributed by atoms with Gasteiger partial charge in [0.15, 0.2) is 18.1 Å². The van der Waals surface area contributed by atoms with Gasteiger partial charge in [-0.15, -0.1) is 0 Å². The van der Waals surface area contributed by atoms with E-state index in [9.17, 15) is 18.0 Å². The van der Waals surface area contributed by atoms with E-state index in [2.05, 4.69) is 5.32 Å². The maximum absolute atomic E-state index is 14.1. The van der Waals surface area contributed by atoms with E-state index in [0.717, 1.165) is 16.7 Å². The largest absolute Gasteiger partial charge is 0.497 e. The van der Waals surface area contributed by atoms with Gasteiger partial charge in [-0.2, -0.15) is 4.31 Å². The molecule has 2 aliphatic heterocycles. The Labute approximate surface area is 291 Å². The first-order valence-corrected chi connectivity index (χ1v) is 17.7. The van der Waals surface area contributed by atoms with E-state index in [1.807, 2.05) is 54.6 Å². The summed E-state index contributed by atoms with van der Waals surface area (Å²) in [5.41, 5.74) is 2.48. The van der Waals surface area contributed by atoms with Gasteiger partial charge in [-0.25, -0.2) is 8.42 Å². The van der Waals surface area contributed by atoms with Crippen molar-refractivity contribution in [1.29, 1.82) is 0 Å². The normalized spacial score (nSPS) is 14.8. The number of methoxy groups -OCH3 is 1. The molecule has 0 saturated carbocycles. The summed E-state index contributed by atoms with van der Waals surface area (Å²) in [5.74, 6) is 1.47. The summed E-state index contributed by atoms with van der Waals surface area (Å²) in [6, 6.07) is 27.3. The van der Waals surface area contributed by atoms with Gasteiger partial charge in [0.1, 0.15) is 17.5 Å². The van der Waals surface area contributed by atoms with Gasteiger partial charge in [-0.05, 0) is 65.2 Å². The fraction of sp³-hybridized carbons (Fsp3) is 0.297. The van der Waals surface area contributed by atoms with Crippen molar-refractivity contribution < 1.29 is 41.7 Å². The van der Waals surface area contributed by atoms with Gasteiger partial charge in [-0.3, -0.25) is 9.59 Å². The number of fused-ring (bicyclic) bond motifs is 1. The van der Waals surface area contributed by atoms with Crippen molar-refractivity contribution in [3.8, 4) is 23.0 Å². The van der Waals surface area contributed by atoms with E-state index < -0.39 is 22.0 Å². The second-order valence-electron chi connectivity index (χ2n) is 11.8. The van der Waals surface area contributed by atoms with Gasteiger partial charge >= 0.3 is 0 Å². The van der Waals surface area contributed by atoms with Crippen molar-refractivity contribution in [2.45, 2.75) is 30.4 Å². The fourth-order valence-electron chi connectivity index (χ4n) is 5.71. The van der Waals surface area contributed by atoms with Crippen LogP contribution >= 0.6 is 0 Å². The first-order valence-electron chi connectivity index (χ1n) is 16.2. The van der Waals surface area contributed by atoms with Crippen LogP contribution in [0.2, 0.25) is 0 Å². The number of morpholine rings is 1. The first kappa shape index (κ1) is 34.7. The minimum atomic E-state index is -3.69. The Kier molecular flexibility index (Phi) is 11.2. The number of nitrogens with one attached hydrogen (secondary N) is 1. The fourth-order valence-corrected chi connectivity index (χ4v) is 7.12. The van der Waals surface area contributed by atoms with E-state index in [0.29, 0.717) is 36.2 Å². The molecule has 1 unspecified atom stereocenters. The molecule has 1 fully saturated rings. The topological polar surface area (TPSA) is 133 Å². The Bertz CT molecular complexity index is 1860. The summed E-state index contributed by atoms with van der Waals surface area (Å²) < 4.78 is 54.9. The van der Waals surface area contributed by atoms with Crippen LogP contribution in [0.3, 0.4) is 0 Å². The zero-order valence-electron chi connectivity index (χ0n) is 27.7. The zero-order chi connectivity index (χ0) is 34.9. The summed E-state index contributed by atoms with van der Waals surface area (Å²) in [6.45, 7) is 1.36. The molecular formula is C37H39N3O9S. The molecule has 4 aromatic carbocycles. The smallest absolute Gasteiger partial charge is 0.261 e. The molecule has 0 aromatic heterocycles. The number of carbonyl (C=O) groups is 2. The molecular weight excluding hydrogens is 662 g/mol. The predicted molar refractivity (Wildman–Crippen MR) is 183 cm³/mol. The zero-order valence-corrected chi connectivity index (χ0v) is 28.5. The van der Waals surface area contributed by atoms with Crippen molar-refractivity contribution >= 4 is 21.8 Å². The van der Waals surface area contributed by atoms with Gasteiger partial charge in [-0.1, -0.05) is 48.5 Å². The SMILES string of the molecule is COc1ccc(CN(C(=O)COc2ccc(S(=O)(=O)N3CCOCC3)cc2)C(Cc2ccccc2)C(=O)NCc2ccc3c(c2)OCO3)cc1. The van der Waals surface area contributed by atoms with Crippen LogP contribution in [0.4, 0.5) is 0 Å². The van der Waals surface area contributed by atoms with Gasteiger partial charge < -0.3 is 33.9 Å². The van der Waals surface area contributed by atoms with Crippen molar-refractivity contribution in [2.75, 3.05) is 46.8 Å². The molecule has 0 aliphatic carbocycles. The lowest BCUT2D eigenvalue weighted by atomic mass is 10.0. The molecule has 0 spiro atoms. The third-order valence-corrected chi connectivity index (χ3v) is 10.4. The summed E-state index contributed by atoms with van der Waals surface area (Å²) in [6.07, 6.45) is 0.254.